The fourth-order valence-electron chi connectivity index (χ4n) is 4.54. The minimum atomic E-state index is -0.117. The number of rotatable bonds is 12. The Hall–Kier alpha value is -4.86. The smallest absolute Gasteiger partial charge is 0.246 e. The Morgan fingerprint density at radius 2 is 0.884 bits per heavy atom. The topological polar surface area (TPSA) is 96.0 Å². The number of nitrogens with zero attached hydrogens (tertiary/aromatic N) is 2. The molecule has 0 atom stereocenters. The van der Waals surface area contributed by atoms with Crippen molar-refractivity contribution in [3.8, 4) is 34.5 Å². The van der Waals surface area contributed by atoms with Crippen LogP contribution in [-0.2, 0) is 9.59 Å². The molecule has 3 rings (SSSR count). The molecule has 0 bridgehead atoms. The Balaban J connectivity index is 1.57. The highest BCUT2D eigenvalue weighted by molar-refractivity contribution is 5.89. The van der Waals surface area contributed by atoms with E-state index < -0.39 is 0 Å². The minimum absolute atomic E-state index is 0.117. The Kier molecular flexibility index (Phi) is 12.6. The van der Waals surface area contributed by atoms with Crippen molar-refractivity contribution in [2.24, 2.45) is 0 Å². The van der Waals surface area contributed by atoms with Gasteiger partial charge in [0.1, 0.15) is 34.5 Å². The lowest BCUT2D eigenvalue weighted by Gasteiger charge is -2.20. The van der Waals surface area contributed by atoms with E-state index >= 15 is 0 Å². The van der Waals surface area contributed by atoms with Crippen molar-refractivity contribution in [1.29, 1.82) is 0 Å². The standard InChI is InChI=1S/C33H40N2O8/c1-38-24-20-28(40-3)26(29(21-24)41-4)12-7-9-14-32(36)34-16-11-17-35(19-18-34)33(37)15-10-8-13-27-30(42-5)22-25(39-2)23-31(27)43-6/h7-10,12-15,20-23H,11,16-19H2,1-6H3. The van der Waals surface area contributed by atoms with Crippen LogP contribution in [0.3, 0.4) is 0 Å². The molecule has 230 valence electrons. The molecule has 43 heavy (non-hydrogen) atoms. The molecule has 0 unspecified atom stereocenters. The molecular formula is C33H40N2O8. The van der Waals surface area contributed by atoms with Gasteiger partial charge in [-0.05, 0) is 18.6 Å². The quantitative estimate of drug-likeness (QED) is 0.260. The molecule has 1 heterocycles. The predicted octanol–water partition coefficient (Wildman–Crippen LogP) is 4.64. The van der Waals surface area contributed by atoms with E-state index in [0.717, 1.165) is 11.1 Å². The highest BCUT2D eigenvalue weighted by atomic mass is 16.5. The lowest BCUT2D eigenvalue weighted by molar-refractivity contribution is -0.128. The normalized spacial score (nSPS) is 14.0. The fourth-order valence-corrected chi connectivity index (χ4v) is 4.54. The summed E-state index contributed by atoms with van der Waals surface area (Å²) in [6, 6.07) is 7.06. The van der Waals surface area contributed by atoms with Crippen LogP contribution in [0.4, 0.5) is 0 Å². The van der Waals surface area contributed by atoms with E-state index in [0.29, 0.717) is 67.1 Å². The number of hydrogen-bond acceptors (Lipinski definition) is 8. The summed E-state index contributed by atoms with van der Waals surface area (Å²) in [5.41, 5.74) is 1.47. The van der Waals surface area contributed by atoms with E-state index in [-0.39, 0.29) is 11.8 Å². The summed E-state index contributed by atoms with van der Waals surface area (Å²) in [5.74, 6) is 3.37. The molecule has 0 aromatic heterocycles. The van der Waals surface area contributed by atoms with Gasteiger partial charge in [-0.3, -0.25) is 9.59 Å². The SMILES string of the molecule is COc1cc(OC)c(C=CC=CC(=O)N2CCCN(C(=O)C=CC=Cc3c(OC)cc(OC)cc3OC)CC2)c(OC)c1. The predicted molar refractivity (Wildman–Crippen MR) is 166 cm³/mol. The molecule has 1 aliphatic rings. The number of methoxy groups -OCH3 is 6. The molecule has 1 aliphatic heterocycles. The molecule has 1 saturated heterocycles. The van der Waals surface area contributed by atoms with Crippen molar-refractivity contribution in [3.05, 3.63) is 71.8 Å². The maximum absolute atomic E-state index is 12.8. The third kappa shape index (κ3) is 8.81. The number of ether oxygens (including phenoxy) is 6. The first-order valence-corrected chi connectivity index (χ1v) is 13.8. The van der Waals surface area contributed by atoms with Gasteiger partial charge in [-0.1, -0.05) is 24.3 Å². The molecule has 0 radical (unpaired) electrons. The first-order chi connectivity index (χ1) is 20.9. The van der Waals surface area contributed by atoms with Crippen molar-refractivity contribution in [2.75, 3.05) is 68.8 Å². The van der Waals surface area contributed by atoms with Gasteiger partial charge in [-0.15, -0.1) is 0 Å². The first kappa shape index (κ1) is 32.7. The van der Waals surface area contributed by atoms with Crippen LogP contribution in [0.15, 0.2) is 60.7 Å². The van der Waals surface area contributed by atoms with Gasteiger partial charge in [-0.2, -0.15) is 0 Å². The lowest BCUT2D eigenvalue weighted by atomic mass is 10.1. The summed E-state index contributed by atoms with van der Waals surface area (Å²) in [6.45, 7) is 2.03. The first-order valence-electron chi connectivity index (χ1n) is 13.8. The van der Waals surface area contributed by atoms with Gasteiger partial charge in [0.2, 0.25) is 11.8 Å². The monoisotopic (exact) mass is 592 g/mol. The maximum atomic E-state index is 12.8. The van der Waals surface area contributed by atoms with Crippen LogP contribution in [0.5, 0.6) is 34.5 Å². The van der Waals surface area contributed by atoms with Crippen LogP contribution in [0.25, 0.3) is 12.2 Å². The van der Waals surface area contributed by atoms with E-state index in [1.54, 1.807) is 101 Å². The van der Waals surface area contributed by atoms with Gasteiger partial charge < -0.3 is 38.2 Å². The Labute approximate surface area is 253 Å². The Morgan fingerprint density at radius 1 is 0.535 bits per heavy atom. The van der Waals surface area contributed by atoms with E-state index in [2.05, 4.69) is 0 Å². The van der Waals surface area contributed by atoms with Gasteiger partial charge in [0.05, 0.1) is 53.8 Å². The summed E-state index contributed by atoms with van der Waals surface area (Å²) in [7, 11) is 9.44. The molecule has 0 saturated carbocycles. The van der Waals surface area contributed by atoms with Crippen molar-refractivity contribution < 1.29 is 38.0 Å². The molecule has 2 amide bonds. The van der Waals surface area contributed by atoms with Gasteiger partial charge in [0.15, 0.2) is 0 Å². The summed E-state index contributed by atoms with van der Waals surface area (Å²) in [6.07, 6.45) is 14.2. The fraction of sp³-hybridized carbons (Fsp3) is 0.333. The van der Waals surface area contributed by atoms with Crippen molar-refractivity contribution >= 4 is 24.0 Å². The zero-order chi connectivity index (χ0) is 31.2. The largest absolute Gasteiger partial charge is 0.496 e. The molecule has 0 aliphatic carbocycles. The van der Waals surface area contributed by atoms with E-state index in [9.17, 15) is 9.59 Å². The highest BCUT2D eigenvalue weighted by Crippen LogP contribution is 2.36. The van der Waals surface area contributed by atoms with Crippen molar-refractivity contribution in [2.45, 2.75) is 6.42 Å². The zero-order valence-corrected chi connectivity index (χ0v) is 25.6. The second kappa shape index (κ2) is 16.5. The van der Waals surface area contributed by atoms with Crippen molar-refractivity contribution in [1.82, 2.24) is 9.80 Å². The summed E-state index contributed by atoms with van der Waals surface area (Å²) < 4.78 is 32.4. The third-order valence-electron chi connectivity index (χ3n) is 6.85. The summed E-state index contributed by atoms with van der Waals surface area (Å²) in [5, 5.41) is 0. The van der Waals surface area contributed by atoms with E-state index in [1.807, 2.05) is 12.2 Å². The minimum Gasteiger partial charge on any atom is -0.496 e. The maximum Gasteiger partial charge on any atom is 0.246 e. The molecule has 2 aromatic carbocycles. The Bertz CT molecular complexity index is 1230. The molecule has 10 nitrogen and oxygen atoms in total. The molecule has 0 N–H and O–H groups in total. The molecule has 1 fully saturated rings. The number of benzene rings is 2. The number of carbonyl (C=O) groups is 2. The molecule has 10 heteroatoms. The number of carbonyl (C=O) groups excluding carboxylic acids is 2. The average molecular weight is 593 g/mol. The van der Waals surface area contributed by atoms with E-state index in [4.69, 9.17) is 28.4 Å². The molecule has 0 spiro atoms. The van der Waals surface area contributed by atoms with Crippen LogP contribution in [0, 0.1) is 0 Å². The van der Waals surface area contributed by atoms with Crippen LogP contribution in [0.1, 0.15) is 17.5 Å². The van der Waals surface area contributed by atoms with Crippen molar-refractivity contribution in [3.63, 3.8) is 0 Å². The Morgan fingerprint density at radius 3 is 1.19 bits per heavy atom. The van der Waals surface area contributed by atoms with Crippen LogP contribution in [0.2, 0.25) is 0 Å². The number of hydrogen-bond donors (Lipinski definition) is 0. The van der Waals surface area contributed by atoms with Crippen LogP contribution in [-0.4, -0.2) is 90.5 Å². The summed E-state index contributed by atoms with van der Waals surface area (Å²) in [4.78, 5) is 29.2. The van der Waals surface area contributed by atoms with Gasteiger partial charge in [0, 0.05) is 62.6 Å². The molecule has 2 aromatic rings. The summed E-state index contributed by atoms with van der Waals surface area (Å²) >= 11 is 0. The number of allylic oxidation sites excluding steroid dienone is 4. The van der Waals surface area contributed by atoms with Gasteiger partial charge in [0.25, 0.3) is 0 Å². The van der Waals surface area contributed by atoms with Gasteiger partial charge >= 0.3 is 0 Å². The average Bonchev–Trinajstić information content (AvgIpc) is 3.31. The highest BCUT2D eigenvalue weighted by Gasteiger charge is 2.19. The van der Waals surface area contributed by atoms with Gasteiger partial charge in [-0.25, -0.2) is 0 Å². The zero-order valence-electron chi connectivity index (χ0n) is 25.6. The second-order valence-electron chi connectivity index (χ2n) is 9.33. The third-order valence-corrected chi connectivity index (χ3v) is 6.85. The second-order valence-corrected chi connectivity index (χ2v) is 9.33. The van der Waals surface area contributed by atoms with E-state index in [1.165, 1.54) is 12.2 Å². The van der Waals surface area contributed by atoms with Crippen LogP contribution < -0.4 is 28.4 Å². The van der Waals surface area contributed by atoms with Crippen LogP contribution >= 0.6 is 0 Å². The molecular weight excluding hydrogens is 552 g/mol. The lowest BCUT2D eigenvalue weighted by Crippen LogP contribution is -2.36. The number of amides is 2.